The highest BCUT2D eigenvalue weighted by Crippen LogP contribution is 2.45. The molecule has 1 aliphatic carbocycles. The lowest BCUT2D eigenvalue weighted by atomic mass is 9.73. The standard InChI is InChI=1S/C21H19NO2S/c1-2-25-21(24)16-12-22-19-14-10-6-7-11-15(14)20(23)18(19)17(16)13-8-4-3-5-9-13/h3-11,16-18H,2,12H2,1H3/t16-,17+,18?/m1/s1. The van der Waals surface area contributed by atoms with E-state index in [2.05, 4.69) is 0 Å². The van der Waals surface area contributed by atoms with Gasteiger partial charge in [0.1, 0.15) is 0 Å². The molecule has 0 N–H and O–H groups in total. The molecule has 0 saturated heterocycles. The van der Waals surface area contributed by atoms with E-state index < -0.39 is 0 Å². The maximum Gasteiger partial charge on any atom is 0.194 e. The molecule has 25 heavy (non-hydrogen) atoms. The number of hydrogen-bond donors (Lipinski definition) is 0. The second-order valence-corrected chi connectivity index (χ2v) is 7.68. The quantitative estimate of drug-likeness (QED) is 0.842. The van der Waals surface area contributed by atoms with Crippen LogP contribution in [0.2, 0.25) is 0 Å². The molecular formula is C21H19NO2S. The highest BCUT2D eigenvalue weighted by Gasteiger charge is 2.48. The van der Waals surface area contributed by atoms with Crippen molar-refractivity contribution in [1.82, 2.24) is 0 Å². The van der Waals surface area contributed by atoms with Gasteiger partial charge in [0.2, 0.25) is 0 Å². The first kappa shape index (κ1) is 16.3. The molecule has 126 valence electrons. The van der Waals surface area contributed by atoms with Crippen molar-refractivity contribution in [3.8, 4) is 0 Å². The van der Waals surface area contributed by atoms with Crippen molar-refractivity contribution < 1.29 is 9.59 Å². The minimum Gasteiger partial charge on any atom is -0.293 e. The summed E-state index contributed by atoms with van der Waals surface area (Å²) in [5, 5.41) is 0.142. The zero-order valence-corrected chi connectivity index (χ0v) is 14.8. The van der Waals surface area contributed by atoms with Crippen LogP contribution in [0.4, 0.5) is 0 Å². The Balaban J connectivity index is 1.83. The maximum atomic E-state index is 13.1. The third-order valence-electron chi connectivity index (χ3n) is 5.07. The topological polar surface area (TPSA) is 46.5 Å². The number of nitrogens with zero attached hydrogens (tertiary/aromatic N) is 1. The summed E-state index contributed by atoms with van der Waals surface area (Å²) in [6.07, 6.45) is 0. The maximum absolute atomic E-state index is 13.1. The van der Waals surface area contributed by atoms with E-state index >= 15 is 0 Å². The largest absolute Gasteiger partial charge is 0.293 e. The molecule has 0 bridgehead atoms. The van der Waals surface area contributed by atoms with E-state index in [0.29, 0.717) is 6.54 Å². The van der Waals surface area contributed by atoms with Gasteiger partial charge in [-0.25, -0.2) is 0 Å². The van der Waals surface area contributed by atoms with Gasteiger partial charge in [-0.05, 0) is 11.3 Å². The molecule has 2 aliphatic rings. The van der Waals surface area contributed by atoms with Gasteiger partial charge < -0.3 is 0 Å². The predicted molar refractivity (Wildman–Crippen MR) is 101 cm³/mol. The third kappa shape index (κ3) is 2.65. The van der Waals surface area contributed by atoms with E-state index in [1.54, 1.807) is 0 Å². The van der Waals surface area contributed by atoms with Gasteiger partial charge in [-0.3, -0.25) is 14.6 Å². The molecule has 0 aromatic heterocycles. The van der Waals surface area contributed by atoms with Crippen molar-refractivity contribution in [3.05, 3.63) is 71.3 Å². The number of rotatable bonds is 3. The van der Waals surface area contributed by atoms with Crippen molar-refractivity contribution in [2.75, 3.05) is 12.3 Å². The second kappa shape index (κ2) is 6.60. The first-order valence-electron chi connectivity index (χ1n) is 8.62. The molecule has 1 heterocycles. The molecule has 3 atom stereocenters. The van der Waals surface area contributed by atoms with E-state index in [1.165, 1.54) is 11.8 Å². The lowest BCUT2D eigenvalue weighted by Crippen LogP contribution is -2.38. The molecule has 0 radical (unpaired) electrons. The third-order valence-corrected chi connectivity index (χ3v) is 5.95. The number of fused-ring (bicyclic) bond motifs is 3. The smallest absolute Gasteiger partial charge is 0.194 e. The summed E-state index contributed by atoms with van der Waals surface area (Å²) in [5.74, 6) is 0.105. The minimum absolute atomic E-state index is 0.0993. The van der Waals surface area contributed by atoms with Crippen LogP contribution in [0, 0.1) is 11.8 Å². The molecule has 0 fully saturated rings. The van der Waals surface area contributed by atoms with Crippen LogP contribution in [0.5, 0.6) is 0 Å². The summed E-state index contributed by atoms with van der Waals surface area (Å²) in [7, 11) is 0. The fraction of sp³-hybridized carbons (Fsp3) is 0.286. The lowest BCUT2D eigenvalue weighted by molar-refractivity contribution is -0.115. The van der Waals surface area contributed by atoms with Crippen LogP contribution in [-0.2, 0) is 4.79 Å². The molecular weight excluding hydrogens is 330 g/mol. The predicted octanol–water partition coefficient (Wildman–Crippen LogP) is 3.98. The fourth-order valence-electron chi connectivity index (χ4n) is 4.01. The molecule has 0 spiro atoms. The van der Waals surface area contributed by atoms with Crippen LogP contribution >= 0.6 is 11.8 Å². The molecule has 1 unspecified atom stereocenters. The number of Topliss-reactive ketones (excluding diaryl/α,β-unsaturated/α-hetero) is 1. The van der Waals surface area contributed by atoms with E-state index in [-0.39, 0.29) is 28.7 Å². The van der Waals surface area contributed by atoms with Gasteiger partial charge in [0.05, 0.1) is 24.1 Å². The van der Waals surface area contributed by atoms with Gasteiger partial charge in [-0.15, -0.1) is 0 Å². The Morgan fingerprint density at radius 1 is 1.08 bits per heavy atom. The van der Waals surface area contributed by atoms with Gasteiger partial charge in [-0.2, -0.15) is 0 Å². The van der Waals surface area contributed by atoms with E-state index in [1.807, 2.05) is 61.5 Å². The van der Waals surface area contributed by atoms with Crippen LogP contribution in [0.25, 0.3) is 0 Å². The average molecular weight is 349 g/mol. The molecule has 3 nitrogen and oxygen atoms in total. The number of thioether (sulfide) groups is 1. The summed E-state index contributed by atoms with van der Waals surface area (Å²) in [6, 6.07) is 17.6. The van der Waals surface area contributed by atoms with E-state index in [0.717, 1.165) is 28.2 Å². The Kier molecular flexibility index (Phi) is 4.30. The van der Waals surface area contributed by atoms with Crippen LogP contribution in [0.3, 0.4) is 0 Å². The van der Waals surface area contributed by atoms with Gasteiger partial charge in [0.25, 0.3) is 0 Å². The van der Waals surface area contributed by atoms with Crippen LogP contribution < -0.4 is 0 Å². The first-order chi connectivity index (χ1) is 12.2. The minimum atomic E-state index is -0.347. The number of benzene rings is 2. The van der Waals surface area contributed by atoms with Crippen molar-refractivity contribution in [2.24, 2.45) is 16.8 Å². The van der Waals surface area contributed by atoms with Gasteiger partial charge in [-0.1, -0.05) is 73.3 Å². The molecule has 2 aromatic rings. The number of hydrogen-bond acceptors (Lipinski definition) is 4. The van der Waals surface area contributed by atoms with Crippen LogP contribution in [0.1, 0.15) is 34.3 Å². The summed E-state index contributed by atoms with van der Waals surface area (Å²) in [4.78, 5) is 30.6. The zero-order valence-electron chi connectivity index (χ0n) is 14.0. The van der Waals surface area contributed by atoms with Crippen molar-refractivity contribution in [1.29, 1.82) is 0 Å². The van der Waals surface area contributed by atoms with Crippen LogP contribution in [-0.4, -0.2) is 28.9 Å². The zero-order chi connectivity index (χ0) is 17.4. The van der Waals surface area contributed by atoms with Gasteiger partial charge in [0.15, 0.2) is 10.9 Å². The van der Waals surface area contributed by atoms with Gasteiger partial charge >= 0.3 is 0 Å². The van der Waals surface area contributed by atoms with Crippen molar-refractivity contribution in [2.45, 2.75) is 12.8 Å². The summed E-state index contributed by atoms with van der Waals surface area (Å²) in [5.41, 5.74) is 3.59. The highest BCUT2D eigenvalue weighted by molar-refractivity contribution is 8.13. The average Bonchev–Trinajstić information content (AvgIpc) is 2.95. The summed E-state index contributed by atoms with van der Waals surface area (Å²) >= 11 is 1.34. The number of carbonyl (C=O) groups excluding carboxylic acids is 2. The van der Waals surface area contributed by atoms with Gasteiger partial charge in [0, 0.05) is 17.0 Å². The lowest BCUT2D eigenvalue weighted by Gasteiger charge is -2.33. The first-order valence-corrected chi connectivity index (χ1v) is 9.60. The molecule has 4 heteroatoms. The normalized spacial score (nSPS) is 24.4. The Hall–Kier alpha value is -2.20. The SMILES string of the molecule is CCSC(=O)[C@@H]1CN=C2c3ccccc3C(=O)C2[C@H]1c1ccccc1. The van der Waals surface area contributed by atoms with E-state index in [9.17, 15) is 9.59 Å². The molecule has 1 aliphatic heterocycles. The van der Waals surface area contributed by atoms with Crippen molar-refractivity contribution >= 4 is 28.4 Å². The Bertz CT molecular complexity index is 859. The molecule has 0 amide bonds. The number of carbonyl (C=O) groups is 2. The molecule has 2 aromatic carbocycles. The van der Waals surface area contributed by atoms with Crippen LogP contribution in [0.15, 0.2) is 59.6 Å². The van der Waals surface area contributed by atoms with E-state index in [4.69, 9.17) is 4.99 Å². The number of ketones is 1. The number of aliphatic imine (C=N–C) groups is 1. The van der Waals surface area contributed by atoms with Crippen molar-refractivity contribution in [3.63, 3.8) is 0 Å². The molecule has 0 saturated carbocycles. The monoisotopic (exact) mass is 349 g/mol. The highest BCUT2D eigenvalue weighted by atomic mass is 32.2. The second-order valence-electron chi connectivity index (χ2n) is 6.41. The molecule has 4 rings (SSSR count). The Morgan fingerprint density at radius 2 is 1.76 bits per heavy atom. The Morgan fingerprint density at radius 3 is 2.48 bits per heavy atom. The Labute approximate surface area is 151 Å². The summed E-state index contributed by atoms with van der Waals surface area (Å²) < 4.78 is 0. The fourth-order valence-corrected chi connectivity index (χ4v) is 4.73. The summed E-state index contributed by atoms with van der Waals surface area (Å²) in [6.45, 7) is 2.44.